The highest BCUT2D eigenvalue weighted by atomic mass is 32.2. The van der Waals surface area contributed by atoms with Crippen LogP contribution in [-0.4, -0.2) is 79.4 Å². The fourth-order valence-electron chi connectivity index (χ4n) is 6.46. The lowest BCUT2D eigenvalue weighted by molar-refractivity contribution is -0.138. The molecule has 0 bridgehead atoms. The zero-order valence-electron chi connectivity index (χ0n) is 35.6. The van der Waals surface area contributed by atoms with Crippen molar-refractivity contribution >= 4 is 96.7 Å². The van der Waals surface area contributed by atoms with Gasteiger partial charge in [0.1, 0.15) is 6.10 Å². The molecule has 0 aliphatic carbocycles. The summed E-state index contributed by atoms with van der Waals surface area (Å²) in [6.45, 7) is 1.79. The highest BCUT2D eigenvalue weighted by Crippen LogP contribution is 2.43. The number of alkyl halides is 6. The fraction of sp³-hybridized carbons (Fsp3) is 0.400. The van der Waals surface area contributed by atoms with E-state index in [1.54, 1.807) is 0 Å². The summed E-state index contributed by atoms with van der Waals surface area (Å²) in [5.41, 5.74) is 10.5. The average Bonchev–Trinajstić information content (AvgIpc) is 3.91. The monoisotopic (exact) mass is 984 g/mol. The number of guanidine groups is 1. The maximum Gasteiger partial charge on any atom is 0.416 e. The highest BCUT2D eigenvalue weighted by Gasteiger charge is 2.35. The number of halogens is 6. The summed E-state index contributed by atoms with van der Waals surface area (Å²) in [6.07, 6.45) is -8.10. The molecule has 27 heteroatoms. The molecule has 0 spiro atoms. The lowest BCUT2D eigenvalue weighted by Gasteiger charge is -2.22. The van der Waals surface area contributed by atoms with Crippen LogP contribution in [0.15, 0.2) is 47.4 Å². The van der Waals surface area contributed by atoms with Crippen LogP contribution in [0, 0.1) is 5.41 Å². The molecule has 1 aliphatic heterocycles. The number of carbonyl (C=O) groups excluding carboxylic acids is 4. The zero-order chi connectivity index (χ0) is 48.7. The number of thioether (sulfide) groups is 1. The first-order valence-corrected chi connectivity index (χ1v) is 22.5. The molecule has 0 saturated carbocycles. The van der Waals surface area contributed by atoms with Crippen molar-refractivity contribution < 1.29 is 50.3 Å². The first-order valence-electron chi connectivity index (χ1n) is 20.7. The Morgan fingerprint density at radius 2 is 1.39 bits per heavy atom. The largest absolute Gasteiger partial charge is 0.485 e. The van der Waals surface area contributed by atoms with Gasteiger partial charge < -0.3 is 53.4 Å². The topological polar surface area (TPSA) is 301 Å². The van der Waals surface area contributed by atoms with Gasteiger partial charge >= 0.3 is 24.4 Å². The molecule has 1 atom stereocenters. The fourth-order valence-corrected chi connectivity index (χ4v) is 8.21. The standard InChI is InChI=1S/C40H50F6N14O5S2/c41-39(42,43)21-15-26(55-31(61)5-1-3-11-52-35(48)49)33(65-24-9-13-51-20-24)27(16-21)57-36(63)54-23-7-8-25-30(19-23)67-38(59-25)60-37(64)58-29-18-22(40(44,45)46)17-28(34(29)66-14-10-47)56-32(62)6-2-4-12-53-50/h7-8,15-19,24,51,53H,1-6,9-14,20,47,50H2,(H,55,61)(H,56,62)(H4,48,49,52)(H2,54,57,63)(H2,58,59,60,64)/t24-/m1/s1. The average molecular weight is 985 g/mol. The number of hydrogen-bond donors (Lipinski definition) is 13. The molecule has 67 heavy (non-hydrogen) atoms. The van der Waals surface area contributed by atoms with Crippen LogP contribution in [0.4, 0.5) is 69.5 Å². The number of urea groups is 2. The number of amides is 6. The number of nitrogens with zero attached hydrogens (tertiary/aromatic N) is 1. The molecule has 1 aromatic heterocycles. The molecule has 4 aromatic rings. The molecule has 6 amide bonds. The van der Waals surface area contributed by atoms with Crippen LogP contribution >= 0.6 is 23.1 Å². The molecule has 1 fully saturated rings. The van der Waals surface area contributed by atoms with Crippen molar-refractivity contribution in [1.29, 1.82) is 5.41 Å². The third-order valence-electron chi connectivity index (χ3n) is 9.53. The summed E-state index contributed by atoms with van der Waals surface area (Å²) in [5, 5.41) is 27.8. The molecule has 1 aliphatic rings. The van der Waals surface area contributed by atoms with Crippen LogP contribution in [0.2, 0.25) is 0 Å². The van der Waals surface area contributed by atoms with Crippen LogP contribution in [-0.2, 0) is 21.9 Å². The van der Waals surface area contributed by atoms with E-state index < -0.39 is 53.5 Å². The number of rotatable bonds is 21. The number of carbonyl (C=O) groups is 4. The number of unbranched alkanes of at least 4 members (excludes halogenated alkanes) is 2. The van der Waals surface area contributed by atoms with Crippen molar-refractivity contribution in [3.8, 4) is 5.75 Å². The van der Waals surface area contributed by atoms with Crippen molar-refractivity contribution in [1.82, 2.24) is 21.0 Å². The molecule has 3 aromatic carbocycles. The van der Waals surface area contributed by atoms with E-state index in [1.165, 1.54) is 18.2 Å². The quantitative estimate of drug-likeness (QED) is 0.00800. The molecular formula is C40H50F6N14O5S2. The Morgan fingerprint density at radius 1 is 0.806 bits per heavy atom. The van der Waals surface area contributed by atoms with Gasteiger partial charge in [-0.15, -0.1) is 11.8 Å². The molecule has 16 N–H and O–H groups in total. The van der Waals surface area contributed by atoms with E-state index in [0.29, 0.717) is 74.6 Å². The minimum absolute atomic E-state index is 0.00118. The highest BCUT2D eigenvalue weighted by molar-refractivity contribution is 7.99. The SMILES string of the molecule is N=C(N)NCCCCC(=O)Nc1cc(C(F)(F)F)cc(NC(=O)Nc2ccc3nc(NC(=O)Nc4cc(C(F)(F)F)cc(NC(=O)CCCCNN)c4SCCN)sc3c2)c1O[C@@H]1CCNC1. The summed E-state index contributed by atoms with van der Waals surface area (Å²) >= 11 is 1.96. The lowest BCUT2D eigenvalue weighted by Crippen LogP contribution is -2.31. The van der Waals surface area contributed by atoms with Gasteiger partial charge in [-0.05, 0) is 81.1 Å². The van der Waals surface area contributed by atoms with Crippen LogP contribution in [0.5, 0.6) is 5.75 Å². The van der Waals surface area contributed by atoms with Gasteiger partial charge in [0.25, 0.3) is 0 Å². The van der Waals surface area contributed by atoms with Crippen molar-refractivity contribution in [3.63, 3.8) is 0 Å². The van der Waals surface area contributed by atoms with Crippen LogP contribution in [0.3, 0.4) is 0 Å². The number of benzene rings is 3. The van der Waals surface area contributed by atoms with Crippen LogP contribution in [0.1, 0.15) is 56.1 Å². The number of anilines is 6. The first kappa shape index (κ1) is 51.8. The normalized spacial score (nSPS) is 13.8. The summed E-state index contributed by atoms with van der Waals surface area (Å²) in [7, 11) is 0. The zero-order valence-corrected chi connectivity index (χ0v) is 37.2. The third-order valence-corrected chi connectivity index (χ3v) is 11.6. The third kappa shape index (κ3) is 16.0. The van der Waals surface area contributed by atoms with Crippen LogP contribution in [0.25, 0.3) is 10.2 Å². The number of ether oxygens (including phenoxy) is 1. The predicted molar refractivity (Wildman–Crippen MR) is 247 cm³/mol. The van der Waals surface area contributed by atoms with Crippen molar-refractivity contribution in [2.45, 2.75) is 68.3 Å². The Bertz CT molecular complexity index is 2400. The van der Waals surface area contributed by atoms with E-state index in [0.717, 1.165) is 41.3 Å². The Hall–Kier alpha value is -6.13. The summed E-state index contributed by atoms with van der Waals surface area (Å²) < 4.78 is 91.3. The number of aromatic nitrogens is 1. The van der Waals surface area contributed by atoms with Gasteiger partial charge in [-0.1, -0.05) is 11.3 Å². The van der Waals surface area contributed by atoms with Crippen molar-refractivity contribution in [2.24, 2.45) is 17.3 Å². The molecule has 364 valence electrons. The number of nitrogens with one attached hydrogen (secondary N) is 10. The molecule has 2 heterocycles. The second-order valence-electron chi connectivity index (χ2n) is 14.8. The van der Waals surface area contributed by atoms with Crippen molar-refractivity contribution in [2.75, 3.05) is 70.4 Å². The van der Waals surface area contributed by atoms with E-state index in [2.05, 4.69) is 52.9 Å². The van der Waals surface area contributed by atoms with E-state index >= 15 is 0 Å². The maximum absolute atomic E-state index is 14.2. The minimum atomic E-state index is -4.89. The molecule has 1 saturated heterocycles. The number of nitrogens with two attached hydrogens (primary N) is 3. The summed E-state index contributed by atoms with van der Waals surface area (Å²) in [4.78, 5) is 56.9. The predicted octanol–water partition coefficient (Wildman–Crippen LogP) is 6.58. The minimum Gasteiger partial charge on any atom is -0.485 e. The Balaban J connectivity index is 1.33. The number of hydrazine groups is 1. The molecule has 0 radical (unpaired) electrons. The van der Waals surface area contributed by atoms with Gasteiger partial charge in [0.2, 0.25) is 11.8 Å². The molecule has 5 rings (SSSR count). The molecular weight excluding hydrogens is 935 g/mol. The Kier molecular flexibility index (Phi) is 18.6. The molecule has 19 nitrogen and oxygen atoms in total. The van der Waals surface area contributed by atoms with Crippen molar-refractivity contribution in [3.05, 3.63) is 53.6 Å². The Morgan fingerprint density at radius 3 is 1.99 bits per heavy atom. The van der Waals surface area contributed by atoms with Gasteiger partial charge in [0, 0.05) is 50.5 Å². The molecule has 0 unspecified atom stereocenters. The van der Waals surface area contributed by atoms with E-state index in [4.69, 9.17) is 27.5 Å². The van der Waals surface area contributed by atoms with Gasteiger partial charge in [0.05, 0.1) is 49.0 Å². The van der Waals surface area contributed by atoms with Crippen LogP contribution < -0.4 is 70.0 Å². The maximum atomic E-state index is 14.2. The number of fused-ring (bicyclic) bond motifs is 1. The lowest BCUT2D eigenvalue weighted by atomic mass is 10.1. The second-order valence-corrected chi connectivity index (χ2v) is 17.0. The van der Waals surface area contributed by atoms with Gasteiger partial charge in [-0.3, -0.25) is 31.6 Å². The first-order chi connectivity index (χ1) is 31.8. The number of hydrogen-bond acceptors (Lipinski definition) is 13. The summed E-state index contributed by atoms with van der Waals surface area (Å²) in [6, 6.07) is 5.37. The Labute approximate surface area is 387 Å². The van der Waals surface area contributed by atoms with Gasteiger partial charge in [-0.2, -0.15) is 26.3 Å². The number of thiazole rings is 1. The van der Waals surface area contributed by atoms with E-state index in [1.807, 2.05) is 0 Å². The summed E-state index contributed by atoms with van der Waals surface area (Å²) in [5.74, 6) is 3.88. The smallest absolute Gasteiger partial charge is 0.416 e. The second kappa shape index (κ2) is 24.1. The van der Waals surface area contributed by atoms with E-state index in [9.17, 15) is 45.5 Å². The van der Waals surface area contributed by atoms with Gasteiger partial charge in [0.15, 0.2) is 16.8 Å². The van der Waals surface area contributed by atoms with Gasteiger partial charge in [-0.25, -0.2) is 14.6 Å². The van der Waals surface area contributed by atoms with E-state index in [-0.39, 0.29) is 75.3 Å².